The van der Waals surface area contributed by atoms with Gasteiger partial charge >= 0.3 is 0 Å². The maximum atomic E-state index is 13.7. The van der Waals surface area contributed by atoms with Gasteiger partial charge in [-0.25, -0.2) is 4.74 Å². The SMILES string of the molecule is CC1(C)O[C@H]2O[C@H](CO[Si](c3ccccc3)(c3ccccc3)C(C)(C)C)/C(=[N+](\[O-])[C@H]3C=C[C@H](Cl)C3)[C@H]2O1. The summed E-state index contributed by atoms with van der Waals surface area (Å²) in [6.07, 6.45) is 2.42. The minimum Gasteiger partial charge on any atom is -0.623 e. The van der Waals surface area contributed by atoms with E-state index in [-0.39, 0.29) is 23.1 Å². The predicted octanol–water partition coefficient (Wildman–Crippen LogP) is 4.33. The summed E-state index contributed by atoms with van der Waals surface area (Å²) in [6.45, 7) is 10.6. The standard InChI is InChI=1S/C29H36ClNO5Si/c1-28(2,3)37(22-12-8-6-9-13-22,23-14-10-7-11-15-23)33-19-24-25(31(32)21-17-16-20(30)18-21)26-27(34-24)36-29(4,5)35-26/h6-17,20-21,24,26-27H,18-19H2,1-5H3/b31-25+/t20-,21-,24+,26+,27+/m0/s1. The lowest BCUT2D eigenvalue weighted by molar-refractivity contribution is -0.492. The third-order valence-corrected chi connectivity index (χ3v) is 12.7. The molecule has 8 heteroatoms. The van der Waals surface area contributed by atoms with Crippen molar-refractivity contribution >= 4 is 36.0 Å². The predicted molar refractivity (Wildman–Crippen MR) is 148 cm³/mol. The highest BCUT2D eigenvalue weighted by Gasteiger charge is 2.58. The van der Waals surface area contributed by atoms with Crippen LogP contribution in [0.3, 0.4) is 0 Å². The van der Waals surface area contributed by atoms with Crippen LogP contribution in [0.5, 0.6) is 0 Å². The molecule has 2 aromatic carbocycles. The Morgan fingerprint density at radius 2 is 1.59 bits per heavy atom. The van der Waals surface area contributed by atoms with Gasteiger partial charge in [-0.3, -0.25) is 0 Å². The van der Waals surface area contributed by atoms with Gasteiger partial charge in [0.15, 0.2) is 30.3 Å². The third-order valence-electron chi connectivity index (χ3n) is 7.41. The fourth-order valence-corrected chi connectivity index (χ4v) is 10.6. The van der Waals surface area contributed by atoms with Crippen LogP contribution in [0.15, 0.2) is 72.8 Å². The van der Waals surface area contributed by atoms with Gasteiger partial charge in [0, 0.05) is 6.42 Å². The summed E-state index contributed by atoms with van der Waals surface area (Å²) in [5.74, 6) is -0.841. The van der Waals surface area contributed by atoms with Gasteiger partial charge < -0.3 is 23.8 Å². The van der Waals surface area contributed by atoms with Gasteiger partial charge in [0.05, 0.1) is 12.0 Å². The first-order valence-electron chi connectivity index (χ1n) is 12.9. The van der Waals surface area contributed by atoms with E-state index in [2.05, 4.69) is 69.3 Å². The molecule has 0 saturated carbocycles. The molecule has 198 valence electrons. The van der Waals surface area contributed by atoms with Crippen molar-refractivity contribution in [2.75, 3.05) is 6.61 Å². The number of halogens is 1. The Hall–Kier alpha value is -2.00. The van der Waals surface area contributed by atoms with Crippen LogP contribution in [0.1, 0.15) is 41.0 Å². The van der Waals surface area contributed by atoms with Crippen LogP contribution in [0.2, 0.25) is 5.04 Å². The van der Waals surface area contributed by atoms with Crippen molar-refractivity contribution in [3.63, 3.8) is 0 Å². The molecule has 0 aromatic heterocycles. The maximum Gasteiger partial charge on any atom is 0.261 e. The summed E-state index contributed by atoms with van der Waals surface area (Å²) in [5, 5.41) is 15.7. The zero-order chi connectivity index (χ0) is 26.4. The highest BCUT2D eigenvalue weighted by Crippen LogP contribution is 2.40. The molecule has 0 spiro atoms. The van der Waals surface area contributed by atoms with Crippen molar-refractivity contribution < 1.29 is 23.4 Å². The lowest BCUT2D eigenvalue weighted by Crippen LogP contribution is -2.67. The molecule has 37 heavy (non-hydrogen) atoms. The highest BCUT2D eigenvalue weighted by molar-refractivity contribution is 6.99. The Labute approximate surface area is 225 Å². The summed E-state index contributed by atoms with van der Waals surface area (Å²) in [6, 6.07) is 20.5. The Morgan fingerprint density at radius 3 is 2.11 bits per heavy atom. The van der Waals surface area contributed by atoms with E-state index in [0.717, 1.165) is 4.74 Å². The van der Waals surface area contributed by atoms with E-state index in [4.69, 9.17) is 30.2 Å². The second-order valence-electron chi connectivity index (χ2n) is 11.5. The molecule has 2 fully saturated rings. The highest BCUT2D eigenvalue weighted by atomic mass is 35.5. The van der Waals surface area contributed by atoms with Crippen LogP contribution < -0.4 is 10.4 Å². The summed E-state index contributed by atoms with van der Waals surface area (Å²) in [7, 11) is -2.82. The zero-order valence-corrected chi connectivity index (χ0v) is 23.9. The van der Waals surface area contributed by atoms with E-state index in [1.807, 2.05) is 38.1 Å². The van der Waals surface area contributed by atoms with Gasteiger partial charge in [-0.2, -0.15) is 0 Å². The topological polar surface area (TPSA) is 63.0 Å². The molecule has 1 aliphatic carbocycles. The number of hydrogen-bond donors (Lipinski definition) is 0. The second-order valence-corrected chi connectivity index (χ2v) is 16.3. The number of hydroxylamine groups is 1. The van der Waals surface area contributed by atoms with Gasteiger partial charge in [0.25, 0.3) is 8.32 Å². The van der Waals surface area contributed by atoms with Gasteiger partial charge in [0.1, 0.15) is 0 Å². The largest absolute Gasteiger partial charge is 0.623 e. The van der Waals surface area contributed by atoms with Crippen molar-refractivity contribution in [1.82, 2.24) is 0 Å². The molecular formula is C29H36ClNO5Si. The molecule has 3 aliphatic rings. The van der Waals surface area contributed by atoms with Gasteiger partial charge in [-0.15, -0.1) is 11.6 Å². The molecule has 0 N–H and O–H groups in total. The van der Waals surface area contributed by atoms with E-state index in [0.29, 0.717) is 12.1 Å². The summed E-state index contributed by atoms with van der Waals surface area (Å²) < 4.78 is 26.6. The van der Waals surface area contributed by atoms with E-state index >= 15 is 0 Å². The zero-order valence-electron chi connectivity index (χ0n) is 22.1. The molecule has 0 radical (unpaired) electrons. The minimum absolute atomic E-state index is 0.163. The van der Waals surface area contributed by atoms with Crippen molar-refractivity contribution in [2.45, 2.75) is 81.8 Å². The molecule has 2 aromatic rings. The molecule has 0 bridgehead atoms. The average molecular weight is 542 g/mol. The van der Waals surface area contributed by atoms with Crippen LogP contribution in [-0.4, -0.2) is 61.1 Å². The van der Waals surface area contributed by atoms with E-state index in [1.54, 1.807) is 0 Å². The second kappa shape index (κ2) is 9.95. The number of allylic oxidation sites excluding steroid dienone is 1. The summed E-state index contributed by atoms with van der Waals surface area (Å²) in [4.78, 5) is 0. The molecule has 5 atom stereocenters. The minimum atomic E-state index is -2.82. The smallest absolute Gasteiger partial charge is 0.261 e. The quantitative estimate of drug-likeness (QED) is 0.136. The van der Waals surface area contributed by atoms with Crippen molar-refractivity contribution in [2.24, 2.45) is 0 Å². The van der Waals surface area contributed by atoms with Crippen LogP contribution in [0.4, 0.5) is 0 Å². The van der Waals surface area contributed by atoms with Crippen molar-refractivity contribution in [3.05, 3.63) is 78.0 Å². The van der Waals surface area contributed by atoms with Crippen LogP contribution in [-0.2, 0) is 18.6 Å². The molecule has 0 amide bonds. The Morgan fingerprint density at radius 1 is 1.00 bits per heavy atom. The molecule has 2 aliphatic heterocycles. The molecular weight excluding hydrogens is 506 g/mol. The monoisotopic (exact) mass is 541 g/mol. The van der Waals surface area contributed by atoms with E-state index in [9.17, 15) is 5.21 Å². The number of ether oxygens (including phenoxy) is 3. The molecule has 6 nitrogen and oxygen atoms in total. The van der Waals surface area contributed by atoms with Crippen LogP contribution in [0.25, 0.3) is 0 Å². The fraction of sp³-hybridized carbons (Fsp3) is 0.483. The van der Waals surface area contributed by atoms with Crippen LogP contribution in [0, 0.1) is 5.21 Å². The summed E-state index contributed by atoms with van der Waals surface area (Å²) >= 11 is 6.29. The van der Waals surface area contributed by atoms with E-state index in [1.165, 1.54) is 10.4 Å². The van der Waals surface area contributed by atoms with Crippen molar-refractivity contribution in [3.8, 4) is 0 Å². The number of nitrogens with zero attached hydrogens (tertiary/aromatic N) is 1. The number of alkyl halides is 1. The number of rotatable bonds is 6. The average Bonchev–Trinajstić information content (AvgIpc) is 3.51. The maximum absolute atomic E-state index is 13.7. The van der Waals surface area contributed by atoms with Crippen molar-refractivity contribution in [1.29, 1.82) is 0 Å². The molecule has 0 unspecified atom stereocenters. The summed E-state index contributed by atoms with van der Waals surface area (Å²) in [5.41, 5.74) is 0.508. The normalized spacial score (nSPS) is 30.5. The fourth-order valence-electron chi connectivity index (χ4n) is 5.80. The third kappa shape index (κ3) is 4.93. The molecule has 2 heterocycles. The Kier molecular flexibility index (Phi) is 7.15. The first-order chi connectivity index (χ1) is 17.5. The Balaban J connectivity index is 1.54. The molecule has 5 rings (SSSR count). The Bertz CT molecular complexity index is 1120. The first-order valence-corrected chi connectivity index (χ1v) is 15.3. The number of hydrogen-bond acceptors (Lipinski definition) is 5. The number of benzene rings is 2. The van der Waals surface area contributed by atoms with Crippen LogP contribution >= 0.6 is 11.6 Å². The van der Waals surface area contributed by atoms with Gasteiger partial charge in [-0.05, 0) is 35.3 Å². The lowest BCUT2D eigenvalue weighted by atomic mass is 10.1. The van der Waals surface area contributed by atoms with Gasteiger partial charge in [0.2, 0.25) is 5.71 Å². The first kappa shape index (κ1) is 26.6. The van der Waals surface area contributed by atoms with E-state index < -0.39 is 32.6 Å². The van der Waals surface area contributed by atoms with Gasteiger partial charge in [-0.1, -0.05) is 87.5 Å². The lowest BCUT2D eigenvalue weighted by Gasteiger charge is -2.43. The molecule has 2 saturated heterocycles. The number of fused-ring (bicyclic) bond motifs is 1.